The van der Waals surface area contributed by atoms with Gasteiger partial charge in [0.1, 0.15) is 0 Å². The van der Waals surface area contributed by atoms with E-state index in [9.17, 15) is 4.79 Å². The van der Waals surface area contributed by atoms with Crippen molar-refractivity contribution in [1.29, 1.82) is 0 Å². The molecule has 0 N–H and O–H groups in total. The van der Waals surface area contributed by atoms with Crippen molar-refractivity contribution < 1.29 is 4.79 Å². The number of hydrogen-bond acceptors (Lipinski definition) is 2. The lowest BCUT2D eigenvalue weighted by Gasteiger charge is -2.19. The van der Waals surface area contributed by atoms with Gasteiger partial charge in [0.2, 0.25) is 0 Å². The summed E-state index contributed by atoms with van der Waals surface area (Å²) in [7, 11) is 0. The average molecular weight is 369 g/mol. The fourth-order valence-electron chi connectivity index (χ4n) is 3.90. The van der Waals surface area contributed by atoms with Gasteiger partial charge in [-0.15, -0.1) is 11.8 Å². The van der Waals surface area contributed by atoms with Crippen LogP contribution in [0.2, 0.25) is 0 Å². The molecular formula is C24H19NOS. The first kappa shape index (κ1) is 16.4. The van der Waals surface area contributed by atoms with Crippen molar-refractivity contribution in [3.05, 3.63) is 89.5 Å². The zero-order chi connectivity index (χ0) is 18.4. The van der Waals surface area contributed by atoms with Gasteiger partial charge in [0.25, 0.3) is 5.91 Å². The molecular weight excluding hydrogens is 350 g/mol. The molecule has 0 spiro atoms. The van der Waals surface area contributed by atoms with E-state index in [0.29, 0.717) is 0 Å². The molecule has 1 aliphatic rings. The number of para-hydroxylation sites is 1. The Morgan fingerprint density at radius 2 is 1.70 bits per heavy atom. The number of aromatic nitrogens is 1. The highest BCUT2D eigenvalue weighted by atomic mass is 32.2. The summed E-state index contributed by atoms with van der Waals surface area (Å²) in [5.74, 6) is 0.929. The Bertz CT molecular complexity index is 1170. The summed E-state index contributed by atoms with van der Waals surface area (Å²) in [6.45, 7) is 2.13. The molecule has 2 nitrogen and oxygen atoms in total. The molecule has 4 aromatic rings. The van der Waals surface area contributed by atoms with Gasteiger partial charge in [0, 0.05) is 27.2 Å². The van der Waals surface area contributed by atoms with Crippen molar-refractivity contribution in [1.82, 2.24) is 4.57 Å². The van der Waals surface area contributed by atoms with Crippen molar-refractivity contribution in [2.45, 2.75) is 24.0 Å². The van der Waals surface area contributed by atoms with Crippen molar-refractivity contribution >= 4 is 28.6 Å². The highest BCUT2D eigenvalue weighted by Gasteiger charge is 2.27. The molecule has 0 atom stereocenters. The van der Waals surface area contributed by atoms with Gasteiger partial charge in [-0.25, -0.2) is 0 Å². The molecule has 0 radical (unpaired) electrons. The lowest BCUT2D eigenvalue weighted by atomic mass is 10.1. The van der Waals surface area contributed by atoms with Crippen LogP contribution in [0.25, 0.3) is 22.2 Å². The van der Waals surface area contributed by atoms with Gasteiger partial charge >= 0.3 is 0 Å². The molecule has 0 unspecified atom stereocenters. The van der Waals surface area contributed by atoms with Gasteiger partial charge in [-0.1, -0.05) is 55.5 Å². The third-order valence-corrected chi connectivity index (χ3v) is 6.41. The van der Waals surface area contributed by atoms with Crippen LogP contribution in [0.5, 0.6) is 0 Å². The molecule has 0 fully saturated rings. The predicted octanol–water partition coefficient (Wildman–Crippen LogP) is 6.16. The van der Waals surface area contributed by atoms with E-state index in [2.05, 4.69) is 61.5 Å². The number of nitrogens with zero attached hydrogens (tertiary/aromatic N) is 1. The van der Waals surface area contributed by atoms with Crippen molar-refractivity contribution in [3.63, 3.8) is 0 Å². The first-order chi connectivity index (χ1) is 13.3. The van der Waals surface area contributed by atoms with E-state index >= 15 is 0 Å². The van der Waals surface area contributed by atoms with Crippen LogP contribution in [0, 0.1) is 0 Å². The Morgan fingerprint density at radius 1 is 0.963 bits per heavy atom. The maximum atomic E-state index is 13.6. The van der Waals surface area contributed by atoms with Crippen LogP contribution >= 0.6 is 11.8 Å². The van der Waals surface area contributed by atoms with Gasteiger partial charge in [-0.05, 0) is 41.8 Å². The van der Waals surface area contributed by atoms with Crippen LogP contribution in [0.15, 0.2) is 77.7 Å². The lowest BCUT2D eigenvalue weighted by molar-refractivity contribution is 0.0966. The van der Waals surface area contributed by atoms with E-state index in [1.807, 2.05) is 34.5 Å². The zero-order valence-electron chi connectivity index (χ0n) is 15.1. The van der Waals surface area contributed by atoms with Crippen LogP contribution in [-0.4, -0.2) is 10.5 Å². The average Bonchev–Trinajstić information content (AvgIpc) is 3.08. The summed E-state index contributed by atoms with van der Waals surface area (Å²) >= 11 is 1.85. The van der Waals surface area contributed by atoms with Crippen LogP contribution in [0.3, 0.4) is 0 Å². The zero-order valence-corrected chi connectivity index (χ0v) is 15.9. The fourth-order valence-corrected chi connectivity index (χ4v) is 4.98. The molecule has 3 aromatic carbocycles. The number of thioether (sulfide) groups is 1. The highest BCUT2D eigenvalue weighted by Crippen LogP contribution is 2.45. The van der Waals surface area contributed by atoms with Crippen LogP contribution in [0.1, 0.15) is 28.4 Å². The third-order valence-electron chi connectivity index (χ3n) is 5.31. The minimum absolute atomic E-state index is 0.0387. The molecule has 1 aromatic heterocycles. The second kappa shape index (κ2) is 6.43. The summed E-state index contributed by atoms with van der Waals surface area (Å²) in [5.41, 5.74) is 6.42. The summed E-state index contributed by atoms with van der Waals surface area (Å²) < 4.78 is 1.92. The van der Waals surface area contributed by atoms with Crippen molar-refractivity contribution in [3.8, 4) is 11.3 Å². The van der Waals surface area contributed by atoms with Gasteiger partial charge < -0.3 is 0 Å². The molecule has 0 aliphatic carbocycles. The van der Waals surface area contributed by atoms with Crippen molar-refractivity contribution in [2.24, 2.45) is 0 Å². The SMILES string of the molecule is CCc1ccc(C(=O)n2c3c(c4ccccc42)CSc2ccccc2-3)cc1. The molecule has 27 heavy (non-hydrogen) atoms. The molecule has 1 aliphatic heterocycles. The Hall–Kier alpha value is -2.78. The smallest absolute Gasteiger partial charge is 0.262 e. The van der Waals surface area contributed by atoms with E-state index in [-0.39, 0.29) is 5.91 Å². The highest BCUT2D eigenvalue weighted by molar-refractivity contribution is 7.98. The molecule has 3 heteroatoms. The number of fused-ring (bicyclic) bond motifs is 5. The van der Waals surface area contributed by atoms with Gasteiger partial charge in [-0.3, -0.25) is 9.36 Å². The van der Waals surface area contributed by atoms with Gasteiger partial charge in [0.05, 0.1) is 11.2 Å². The van der Waals surface area contributed by atoms with Crippen LogP contribution < -0.4 is 0 Å². The quantitative estimate of drug-likeness (QED) is 0.422. The second-order valence-corrected chi connectivity index (χ2v) is 7.84. The van der Waals surface area contributed by atoms with Crippen LogP contribution in [-0.2, 0) is 12.2 Å². The summed E-state index contributed by atoms with van der Waals surface area (Å²) in [6.07, 6.45) is 0.973. The van der Waals surface area contributed by atoms with Crippen molar-refractivity contribution in [2.75, 3.05) is 0 Å². The molecule has 5 rings (SSSR count). The summed E-state index contributed by atoms with van der Waals surface area (Å²) in [6, 6.07) is 24.6. The Kier molecular flexibility index (Phi) is 3.91. The van der Waals surface area contributed by atoms with E-state index in [1.54, 1.807) is 0 Å². The normalized spacial score (nSPS) is 12.6. The summed E-state index contributed by atoms with van der Waals surface area (Å²) in [5, 5.41) is 1.17. The number of carbonyl (C=O) groups excluding carboxylic acids is 1. The Morgan fingerprint density at radius 3 is 2.52 bits per heavy atom. The first-order valence-corrected chi connectivity index (χ1v) is 10.2. The van der Waals surface area contributed by atoms with Gasteiger partial charge in [0.15, 0.2) is 0 Å². The molecule has 0 bridgehead atoms. The van der Waals surface area contributed by atoms with E-state index in [4.69, 9.17) is 0 Å². The Labute approximate surface area is 162 Å². The molecule has 0 saturated heterocycles. The standard InChI is InChI=1S/C24H19NOS/c1-2-16-11-13-17(14-12-16)24(26)25-21-9-5-3-7-18(21)20-15-27-22-10-6-4-8-19(22)23(20)25/h3-14H,2,15H2,1H3. The minimum Gasteiger partial charge on any atom is -0.275 e. The molecule has 0 saturated carbocycles. The maximum Gasteiger partial charge on any atom is 0.262 e. The third kappa shape index (κ3) is 2.54. The van der Waals surface area contributed by atoms with E-state index < -0.39 is 0 Å². The van der Waals surface area contributed by atoms with E-state index in [0.717, 1.165) is 34.5 Å². The summed E-state index contributed by atoms with van der Waals surface area (Å²) in [4.78, 5) is 14.8. The molecule has 2 heterocycles. The largest absolute Gasteiger partial charge is 0.275 e. The maximum absolute atomic E-state index is 13.6. The number of hydrogen-bond donors (Lipinski definition) is 0. The van der Waals surface area contributed by atoms with E-state index in [1.165, 1.54) is 21.4 Å². The van der Waals surface area contributed by atoms with Gasteiger partial charge in [-0.2, -0.15) is 0 Å². The minimum atomic E-state index is 0.0387. The topological polar surface area (TPSA) is 22.0 Å². The molecule has 0 amide bonds. The first-order valence-electron chi connectivity index (χ1n) is 9.26. The lowest BCUT2D eigenvalue weighted by Crippen LogP contribution is -2.14. The molecule has 132 valence electrons. The number of rotatable bonds is 2. The number of benzene rings is 3. The second-order valence-electron chi connectivity index (χ2n) is 6.82. The fraction of sp³-hybridized carbons (Fsp3) is 0.125. The monoisotopic (exact) mass is 369 g/mol. The number of aryl methyl sites for hydroxylation is 1. The Balaban J connectivity index is 1.78. The van der Waals surface area contributed by atoms with Crippen LogP contribution in [0.4, 0.5) is 0 Å². The predicted molar refractivity (Wildman–Crippen MR) is 112 cm³/mol. The number of carbonyl (C=O) groups is 1.